The van der Waals surface area contributed by atoms with Crippen LogP contribution in [0, 0.1) is 0 Å². The van der Waals surface area contributed by atoms with Gasteiger partial charge >= 0.3 is 5.97 Å². The van der Waals surface area contributed by atoms with Gasteiger partial charge in [-0.05, 0) is 62.4 Å². The van der Waals surface area contributed by atoms with E-state index in [0.29, 0.717) is 23.7 Å². The Bertz CT molecular complexity index is 798. The summed E-state index contributed by atoms with van der Waals surface area (Å²) in [5.41, 5.74) is 5.68. The lowest BCUT2D eigenvalue weighted by molar-refractivity contribution is -0.119. The molecule has 0 fully saturated rings. The number of ketones is 1. The van der Waals surface area contributed by atoms with E-state index in [0.717, 1.165) is 0 Å². The first-order chi connectivity index (χ1) is 12.9. The lowest BCUT2D eigenvalue weighted by atomic mass is 10.1. The maximum atomic E-state index is 12.4. The number of primary amides is 1. The highest BCUT2D eigenvalue weighted by Crippen LogP contribution is 2.16. The van der Waals surface area contributed by atoms with Crippen LogP contribution in [-0.2, 0) is 9.53 Å². The molecule has 0 aliphatic carbocycles. The van der Waals surface area contributed by atoms with E-state index in [1.807, 2.05) is 6.92 Å². The van der Waals surface area contributed by atoms with Crippen LogP contribution in [0.25, 0.3) is 0 Å². The van der Waals surface area contributed by atoms with Crippen molar-refractivity contribution < 1.29 is 28.6 Å². The average Bonchev–Trinajstić information content (AvgIpc) is 2.67. The van der Waals surface area contributed by atoms with Crippen LogP contribution in [-0.4, -0.2) is 37.0 Å². The quantitative estimate of drug-likeness (QED) is 0.536. The highest BCUT2D eigenvalue weighted by atomic mass is 16.5. The molecule has 2 N–H and O–H groups in total. The summed E-state index contributed by atoms with van der Waals surface area (Å²) in [6, 6.07) is 12.6. The molecule has 1 amide bonds. The molecule has 7 nitrogen and oxygen atoms in total. The van der Waals surface area contributed by atoms with Crippen molar-refractivity contribution in [2.45, 2.75) is 20.0 Å². The maximum Gasteiger partial charge on any atom is 0.338 e. The van der Waals surface area contributed by atoms with Crippen LogP contribution in [0.15, 0.2) is 48.5 Å². The van der Waals surface area contributed by atoms with Gasteiger partial charge < -0.3 is 19.9 Å². The minimum absolute atomic E-state index is 0.253. The van der Waals surface area contributed by atoms with Crippen LogP contribution in [0.1, 0.15) is 34.6 Å². The predicted octanol–water partition coefficient (Wildman–Crippen LogP) is 2.38. The maximum absolute atomic E-state index is 12.4. The summed E-state index contributed by atoms with van der Waals surface area (Å²) in [5.74, 6) is -0.489. The molecular formula is C20H21NO6. The van der Waals surface area contributed by atoms with Crippen molar-refractivity contribution in [1.29, 1.82) is 0 Å². The molecule has 1 atom stereocenters. The van der Waals surface area contributed by atoms with Gasteiger partial charge in [0.25, 0.3) is 5.91 Å². The number of carbonyl (C=O) groups is 3. The Morgan fingerprint density at radius 3 is 1.93 bits per heavy atom. The highest BCUT2D eigenvalue weighted by Gasteiger charge is 2.20. The number of benzene rings is 2. The Hall–Kier alpha value is -3.35. The molecule has 27 heavy (non-hydrogen) atoms. The molecule has 1 unspecified atom stereocenters. The smallest absolute Gasteiger partial charge is 0.338 e. The predicted molar refractivity (Wildman–Crippen MR) is 98.0 cm³/mol. The number of amides is 1. The second-order valence-corrected chi connectivity index (χ2v) is 5.65. The Balaban J connectivity index is 1.95. The Labute approximate surface area is 157 Å². The molecule has 0 bridgehead atoms. The number of nitrogens with two attached hydrogens (primary N) is 1. The molecule has 2 aromatic rings. The summed E-state index contributed by atoms with van der Waals surface area (Å²) in [4.78, 5) is 35.3. The first kappa shape index (κ1) is 20.0. The van der Waals surface area contributed by atoms with E-state index < -0.39 is 18.0 Å². The number of hydrogen-bond acceptors (Lipinski definition) is 6. The number of carbonyl (C=O) groups excluding carboxylic acids is 3. The molecule has 0 heterocycles. The normalized spacial score (nSPS) is 11.3. The third kappa shape index (κ3) is 5.85. The van der Waals surface area contributed by atoms with Crippen LogP contribution >= 0.6 is 0 Å². The summed E-state index contributed by atoms with van der Waals surface area (Å²) >= 11 is 0. The number of hydrogen-bond donors (Lipinski definition) is 1. The SMILES string of the molecule is CCOc1ccc(C(=O)C(C)OC(=O)c2ccc(OCC(N)=O)cc2)cc1. The fourth-order valence-electron chi connectivity index (χ4n) is 2.24. The molecule has 0 spiro atoms. The largest absolute Gasteiger partial charge is 0.494 e. The first-order valence-electron chi connectivity index (χ1n) is 8.40. The zero-order chi connectivity index (χ0) is 19.8. The molecule has 2 rings (SSSR count). The lowest BCUT2D eigenvalue weighted by Gasteiger charge is -2.13. The summed E-state index contributed by atoms with van der Waals surface area (Å²) in [6.45, 7) is 3.67. The van der Waals surface area contributed by atoms with Crippen molar-refractivity contribution >= 4 is 17.7 Å². The molecule has 7 heteroatoms. The Morgan fingerprint density at radius 2 is 1.41 bits per heavy atom. The van der Waals surface area contributed by atoms with Gasteiger partial charge in [-0.15, -0.1) is 0 Å². The molecule has 142 valence electrons. The van der Waals surface area contributed by atoms with Gasteiger partial charge in [0, 0.05) is 5.56 Å². The van der Waals surface area contributed by atoms with Gasteiger partial charge in [-0.2, -0.15) is 0 Å². The molecular weight excluding hydrogens is 350 g/mol. The van der Waals surface area contributed by atoms with Crippen LogP contribution in [0.3, 0.4) is 0 Å². The van der Waals surface area contributed by atoms with E-state index in [1.54, 1.807) is 24.3 Å². The molecule has 0 aromatic heterocycles. The zero-order valence-electron chi connectivity index (χ0n) is 15.1. The minimum atomic E-state index is -0.943. The summed E-state index contributed by atoms with van der Waals surface area (Å²) in [6.07, 6.45) is -0.943. The van der Waals surface area contributed by atoms with Gasteiger partial charge in [0.1, 0.15) is 11.5 Å². The number of Topliss-reactive ketones (excluding diaryl/α,β-unsaturated/α-hetero) is 1. The van der Waals surface area contributed by atoms with E-state index in [9.17, 15) is 14.4 Å². The summed E-state index contributed by atoms with van der Waals surface area (Å²) in [5, 5.41) is 0. The van der Waals surface area contributed by atoms with Gasteiger partial charge in [-0.25, -0.2) is 4.79 Å². The second kappa shape index (κ2) is 9.38. The third-order valence-corrected chi connectivity index (χ3v) is 3.57. The van der Waals surface area contributed by atoms with Gasteiger partial charge in [-0.3, -0.25) is 9.59 Å². The van der Waals surface area contributed by atoms with Gasteiger partial charge in [0.15, 0.2) is 12.7 Å². The summed E-state index contributed by atoms with van der Waals surface area (Å²) in [7, 11) is 0. The van der Waals surface area contributed by atoms with Crippen LogP contribution in [0.5, 0.6) is 11.5 Å². The van der Waals surface area contributed by atoms with Crippen molar-refractivity contribution in [2.24, 2.45) is 5.73 Å². The van der Waals surface area contributed by atoms with Crippen molar-refractivity contribution in [2.75, 3.05) is 13.2 Å². The minimum Gasteiger partial charge on any atom is -0.494 e. The van der Waals surface area contributed by atoms with Gasteiger partial charge in [-0.1, -0.05) is 0 Å². The molecule has 0 aliphatic rings. The number of esters is 1. The molecule has 0 aliphatic heterocycles. The Kier molecular flexibility index (Phi) is 6.93. The fourth-order valence-corrected chi connectivity index (χ4v) is 2.24. The van der Waals surface area contributed by atoms with E-state index in [-0.39, 0.29) is 18.0 Å². The first-order valence-corrected chi connectivity index (χ1v) is 8.40. The van der Waals surface area contributed by atoms with Crippen molar-refractivity contribution in [1.82, 2.24) is 0 Å². The fraction of sp³-hybridized carbons (Fsp3) is 0.250. The summed E-state index contributed by atoms with van der Waals surface area (Å²) < 4.78 is 15.7. The van der Waals surface area contributed by atoms with Crippen LogP contribution in [0.4, 0.5) is 0 Å². The lowest BCUT2D eigenvalue weighted by Crippen LogP contribution is -2.24. The van der Waals surface area contributed by atoms with E-state index in [1.165, 1.54) is 31.2 Å². The Morgan fingerprint density at radius 1 is 0.889 bits per heavy atom. The second-order valence-electron chi connectivity index (χ2n) is 5.65. The third-order valence-electron chi connectivity index (χ3n) is 3.57. The van der Waals surface area contributed by atoms with E-state index >= 15 is 0 Å². The number of ether oxygens (including phenoxy) is 3. The van der Waals surface area contributed by atoms with Crippen molar-refractivity contribution in [3.05, 3.63) is 59.7 Å². The highest BCUT2D eigenvalue weighted by molar-refractivity contribution is 6.01. The van der Waals surface area contributed by atoms with Crippen LogP contribution < -0.4 is 15.2 Å². The topological polar surface area (TPSA) is 105 Å². The molecule has 0 saturated carbocycles. The average molecular weight is 371 g/mol. The van der Waals surface area contributed by atoms with Gasteiger partial charge in [0.05, 0.1) is 12.2 Å². The van der Waals surface area contributed by atoms with E-state index in [4.69, 9.17) is 19.9 Å². The van der Waals surface area contributed by atoms with E-state index in [2.05, 4.69) is 0 Å². The molecule has 2 aromatic carbocycles. The standard InChI is InChI=1S/C20H21NO6/c1-3-25-16-8-4-14(5-9-16)19(23)13(2)27-20(24)15-6-10-17(11-7-15)26-12-18(21)22/h4-11,13H,3,12H2,1-2H3,(H2,21,22). The molecule has 0 radical (unpaired) electrons. The monoisotopic (exact) mass is 371 g/mol. The van der Waals surface area contributed by atoms with Crippen molar-refractivity contribution in [3.8, 4) is 11.5 Å². The van der Waals surface area contributed by atoms with Gasteiger partial charge in [0.2, 0.25) is 5.78 Å². The zero-order valence-corrected chi connectivity index (χ0v) is 15.1. The number of rotatable bonds is 9. The molecule has 0 saturated heterocycles. The van der Waals surface area contributed by atoms with Crippen LogP contribution in [0.2, 0.25) is 0 Å². The van der Waals surface area contributed by atoms with Crippen molar-refractivity contribution in [3.63, 3.8) is 0 Å².